The van der Waals surface area contributed by atoms with Gasteiger partial charge in [0.2, 0.25) is 0 Å². The minimum atomic E-state index is 0.606. The molecule has 0 atom stereocenters. The Balaban J connectivity index is 3.20. The number of hydrogen-bond donors (Lipinski definition) is 0. The summed E-state index contributed by atoms with van der Waals surface area (Å²) in [7, 11) is 0. The summed E-state index contributed by atoms with van der Waals surface area (Å²) in [5, 5.41) is 1.21. The van der Waals surface area contributed by atoms with Gasteiger partial charge in [-0.05, 0) is 18.2 Å². The second kappa shape index (κ2) is 4.01. The lowest BCUT2D eigenvalue weighted by Crippen LogP contribution is -1.75. The fourth-order valence-corrected chi connectivity index (χ4v) is 1.38. The Morgan fingerprint density at radius 1 is 1.09 bits per heavy atom. The van der Waals surface area contributed by atoms with Crippen LogP contribution in [0.1, 0.15) is 5.56 Å². The van der Waals surface area contributed by atoms with Crippen LogP contribution in [0.3, 0.4) is 0 Å². The molecule has 0 fully saturated rings. The molecule has 0 N–H and O–H groups in total. The zero-order valence-electron chi connectivity index (χ0n) is 5.52. The van der Waals surface area contributed by atoms with Gasteiger partial charge >= 0.3 is 0 Å². The normalized spacial score (nSPS) is 10.8. The zero-order chi connectivity index (χ0) is 8.27. The molecule has 1 aromatic rings. The van der Waals surface area contributed by atoms with Crippen molar-refractivity contribution in [1.29, 1.82) is 0 Å². The van der Waals surface area contributed by atoms with Gasteiger partial charge in [-0.15, -0.1) is 0 Å². The largest absolute Gasteiger partial charge is 0.0929 e. The third kappa shape index (κ3) is 2.13. The van der Waals surface area contributed by atoms with Gasteiger partial charge in [0, 0.05) is 21.1 Å². The van der Waals surface area contributed by atoms with Gasteiger partial charge in [0.25, 0.3) is 0 Å². The van der Waals surface area contributed by atoms with Crippen molar-refractivity contribution >= 4 is 40.9 Å². The minimum absolute atomic E-state index is 0.606. The molecule has 0 nitrogen and oxygen atoms in total. The first-order valence-corrected chi connectivity index (χ1v) is 4.15. The molecule has 1 rings (SSSR count). The molecule has 11 heavy (non-hydrogen) atoms. The second-order valence-corrected chi connectivity index (χ2v) is 2.99. The van der Waals surface area contributed by atoms with E-state index < -0.39 is 0 Å². The molecule has 0 bridgehead atoms. The van der Waals surface area contributed by atoms with Crippen LogP contribution in [-0.4, -0.2) is 0 Å². The number of hydrogen-bond acceptors (Lipinski definition) is 0. The van der Waals surface area contributed by atoms with Crippen molar-refractivity contribution in [3.05, 3.63) is 39.3 Å². The molecular formula is C8H5Cl3. The lowest BCUT2D eigenvalue weighted by molar-refractivity contribution is 1.66. The average Bonchev–Trinajstić information content (AvgIpc) is 1.97. The van der Waals surface area contributed by atoms with E-state index in [4.69, 9.17) is 34.8 Å². The molecule has 0 saturated carbocycles. The minimum Gasteiger partial charge on any atom is -0.0929 e. The van der Waals surface area contributed by atoms with Crippen molar-refractivity contribution in [2.24, 2.45) is 0 Å². The van der Waals surface area contributed by atoms with Crippen LogP contribution in [0.4, 0.5) is 0 Å². The van der Waals surface area contributed by atoms with Gasteiger partial charge in [0.15, 0.2) is 0 Å². The van der Waals surface area contributed by atoms with E-state index in [0.29, 0.717) is 10.0 Å². The third-order valence-corrected chi connectivity index (χ3v) is 2.01. The number of benzene rings is 1. The van der Waals surface area contributed by atoms with Crippen LogP contribution in [0.25, 0.3) is 6.08 Å². The summed E-state index contributed by atoms with van der Waals surface area (Å²) in [4.78, 5) is 0. The van der Waals surface area contributed by atoms with Crippen LogP contribution in [0.5, 0.6) is 0 Å². The van der Waals surface area contributed by atoms with Crippen LogP contribution >= 0.6 is 34.8 Å². The standard InChI is InChI=1S/C8H5Cl3/c9-5-4-6-7(10)2-1-3-8(6)11/h1-5H. The molecule has 0 radical (unpaired) electrons. The van der Waals surface area contributed by atoms with Crippen LogP contribution in [0.15, 0.2) is 23.7 Å². The van der Waals surface area contributed by atoms with Gasteiger partial charge < -0.3 is 0 Å². The average molecular weight is 207 g/mol. The predicted molar refractivity (Wildman–Crippen MR) is 51.3 cm³/mol. The molecule has 0 saturated heterocycles. The van der Waals surface area contributed by atoms with Crippen molar-refractivity contribution in [1.82, 2.24) is 0 Å². The SMILES string of the molecule is ClC=Cc1c(Cl)cccc1Cl. The van der Waals surface area contributed by atoms with Crippen LogP contribution in [0.2, 0.25) is 10.0 Å². The molecule has 0 spiro atoms. The van der Waals surface area contributed by atoms with E-state index in [2.05, 4.69) is 0 Å². The van der Waals surface area contributed by atoms with Crippen LogP contribution in [0, 0.1) is 0 Å². The Labute approximate surface area is 80.4 Å². The topological polar surface area (TPSA) is 0 Å². The van der Waals surface area contributed by atoms with Crippen molar-refractivity contribution < 1.29 is 0 Å². The molecule has 0 amide bonds. The van der Waals surface area contributed by atoms with E-state index in [0.717, 1.165) is 5.56 Å². The molecule has 0 aliphatic heterocycles. The smallest absolute Gasteiger partial charge is 0.0493 e. The number of rotatable bonds is 1. The Bertz CT molecular complexity index is 258. The lowest BCUT2D eigenvalue weighted by atomic mass is 10.2. The Hall–Kier alpha value is -0.170. The first kappa shape index (κ1) is 8.92. The van der Waals surface area contributed by atoms with Crippen LogP contribution < -0.4 is 0 Å². The molecule has 0 heterocycles. The molecule has 0 unspecified atom stereocenters. The Morgan fingerprint density at radius 2 is 1.64 bits per heavy atom. The molecule has 3 heteroatoms. The van der Waals surface area contributed by atoms with Gasteiger partial charge in [-0.1, -0.05) is 40.9 Å². The highest BCUT2D eigenvalue weighted by Gasteiger charge is 1.99. The maximum atomic E-state index is 5.81. The molecule has 1 aromatic carbocycles. The van der Waals surface area contributed by atoms with Gasteiger partial charge in [-0.2, -0.15) is 0 Å². The fraction of sp³-hybridized carbons (Fsp3) is 0. The molecule has 0 aliphatic rings. The molecule has 0 aliphatic carbocycles. The molecule has 0 aromatic heterocycles. The van der Waals surface area contributed by atoms with E-state index in [-0.39, 0.29) is 0 Å². The third-order valence-electron chi connectivity index (χ3n) is 1.23. The first-order valence-electron chi connectivity index (χ1n) is 2.96. The van der Waals surface area contributed by atoms with Gasteiger partial charge in [0.1, 0.15) is 0 Å². The number of halogens is 3. The molecular weight excluding hydrogens is 202 g/mol. The van der Waals surface area contributed by atoms with Gasteiger partial charge in [-0.25, -0.2) is 0 Å². The van der Waals surface area contributed by atoms with E-state index in [1.807, 2.05) is 0 Å². The summed E-state index contributed by atoms with van der Waals surface area (Å²) >= 11 is 17.0. The van der Waals surface area contributed by atoms with Crippen molar-refractivity contribution in [2.45, 2.75) is 0 Å². The summed E-state index contributed by atoms with van der Waals surface area (Å²) < 4.78 is 0. The zero-order valence-corrected chi connectivity index (χ0v) is 7.79. The highest BCUT2D eigenvalue weighted by molar-refractivity contribution is 6.37. The first-order chi connectivity index (χ1) is 5.25. The Morgan fingerprint density at radius 3 is 2.09 bits per heavy atom. The monoisotopic (exact) mass is 206 g/mol. The summed E-state index contributed by atoms with van der Waals surface area (Å²) in [6.07, 6.45) is 1.66. The highest BCUT2D eigenvalue weighted by atomic mass is 35.5. The summed E-state index contributed by atoms with van der Waals surface area (Å²) in [5.74, 6) is 0. The highest BCUT2D eigenvalue weighted by Crippen LogP contribution is 2.25. The fourth-order valence-electron chi connectivity index (χ4n) is 0.733. The maximum absolute atomic E-state index is 5.81. The van der Waals surface area contributed by atoms with E-state index in [9.17, 15) is 0 Å². The van der Waals surface area contributed by atoms with Crippen LogP contribution in [-0.2, 0) is 0 Å². The Kier molecular flexibility index (Phi) is 3.25. The molecule has 58 valence electrons. The predicted octanol–water partition coefficient (Wildman–Crippen LogP) is 4.20. The summed E-state index contributed by atoms with van der Waals surface area (Å²) in [5.41, 5.74) is 2.14. The lowest BCUT2D eigenvalue weighted by Gasteiger charge is -1.98. The quantitative estimate of drug-likeness (QED) is 0.647. The van der Waals surface area contributed by atoms with Crippen molar-refractivity contribution in [3.8, 4) is 0 Å². The van der Waals surface area contributed by atoms with Gasteiger partial charge in [0.05, 0.1) is 0 Å². The van der Waals surface area contributed by atoms with E-state index in [1.54, 1.807) is 24.3 Å². The summed E-state index contributed by atoms with van der Waals surface area (Å²) in [6.45, 7) is 0. The second-order valence-electron chi connectivity index (χ2n) is 1.93. The maximum Gasteiger partial charge on any atom is 0.0493 e. The van der Waals surface area contributed by atoms with Crippen molar-refractivity contribution in [3.63, 3.8) is 0 Å². The van der Waals surface area contributed by atoms with E-state index >= 15 is 0 Å². The van der Waals surface area contributed by atoms with Gasteiger partial charge in [-0.3, -0.25) is 0 Å². The van der Waals surface area contributed by atoms with E-state index in [1.165, 1.54) is 5.54 Å². The van der Waals surface area contributed by atoms with Crippen molar-refractivity contribution in [2.75, 3.05) is 0 Å². The summed E-state index contributed by atoms with van der Waals surface area (Å²) in [6, 6.07) is 5.32.